The van der Waals surface area contributed by atoms with Crippen LogP contribution in [0, 0.1) is 5.92 Å². The molecule has 0 fully saturated rings. The van der Waals surface area contributed by atoms with Gasteiger partial charge in [0, 0.05) is 24.5 Å². The van der Waals surface area contributed by atoms with Gasteiger partial charge in [0.2, 0.25) is 11.8 Å². The lowest BCUT2D eigenvalue weighted by Crippen LogP contribution is -2.49. The Hall–Kier alpha value is -1.55. The van der Waals surface area contributed by atoms with E-state index in [0.717, 1.165) is 12.0 Å². The van der Waals surface area contributed by atoms with E-state index in [1.165, 1.54) is 0 Å². The summed E-state index contributed by atoms with van der Waals surface area (Å²) in [5.74, 6) is 0.265. The molecule has 2 amide bonds. The summed E-state index contributed by atoms with van der Waals surface area (Å²) in [6.45, 7) is 8.95. The summed E-state index contributed by atoms with van der Waals surface area (Å²) < 4.78 is 0. The quantitative estimate of drug-likeness (QED) is 0.729. The van der Waals surface area contributed by atoms with Crippen molar-refractivity contribution in [2.24, 2.45) is 5.92 Å². The van der Waals surface area contributed by atoms with Crippen LogP contribution in [0.15, 0.2) is 24.3 Å². The number of carbonyl (C=O) groups is 2. The first-order valence-corrected chi connectivity index (χ1v) is 9.09. The molecule has 0 bridgehead atoms. The van der Waals surface area contributed by atoms with E-state index in [4.69, 9.17) is 11.6 Å². The third-order valence-electron chi connectivity index (χ3n) is 3.83. The van der Waals surface area contributed by atoms with Crippen LogP contribution in [0.3, 0.4) is 0 Å². The Morgan fingerprint density at radius 3 is 2.42 bits per heavy atom. The summed E-state index contributed by atoms with van der Waals surface area (Å²) in [5.41, 5.74) is 0.860. The van der Waals surface area contributed by atoms with Crippen LogP contribution < -0.4 is 5.32 Å². The molecule has 0 radical (unpaired) electrons. The van der Waals surface area contributed by atoms with E-state index in [2.05, 4.69) is 5.32 Å². The molecule has 0 saturated carbocycles. The zero-order valence-electron chi connectivity index (χ0n) is 15.1. The molecular formula is C19H29ClN2O2. The molecule has 1 unspecified atom stereocenters. The third kappa shape index (κ3) is 6.16. The molecule has 0 aliphatic rings. The maximum absolute atomic E-state index is 12.6. The Morgan fingerprint density at radius 2 is 1.88 bits per heavy atom. The van der Waals surface area contributed by atoms with Gasteiger partial charge in [-0.15, -0.1) is 0 Å². The SMILES string of the molecule is CCCC(=O)N(Cc1ccccc1Cl)C(CC)C(=O)NCC(C)C. The van der Waals surface area contributed by atoms with Crippen molar-refractivity contribution in [2.75, 3.05) is 6.54 Å². The van der Waals surface area contributed by atoms with Crippen molar-refractivity contribution in [2.45, 2.75) is 59.5 Å². The van der Waals surface area contributed by atoms with Gasteiger partial charge in [0.05, 0.1) is 0 Å². The van der Waals surface area contributed by atoms with Crippen molar-refractivity contribution in [1.82, 2.24) is 10.2 Å². The van der Waals surface area contributed by atoms with Crippen molar-refractivity contribution in [3.05, 3.63) is 34.9 Å². The van der Waals surface area contributed by atoms with Crippen LogP contribution in [-0.4, -0.2) is 29.3 Å². The van der Waals surface area contributed by atoms with Crippen molar-refractivity contribution in [3.63, 3.8) is 0 Å². The van der Waals surface area contributed by atoms with E-state index in [1.54, 1.807) is 11.0 Å². The second-order valence-electron chi connectivity index (χ2n) is 6.43. The zero-order valence-corrected chi connectivity index (χ0v) is 15.9. The van der Waals surface area contributed by atoms with Gasteiger partial charge >= 0.3 is 0 Å². The second kappa shape index (κ2) is 10.3. The maximum Gasteiger partial charge on any atom is 0.242 e. The normalized spacial score (nSPS) is 12.1. The molecule has 0 aliphatic heterocycles. The topological polar surface area (TPSA) is 49.4 Å². The minimum absolute atomic E-state index is 0.0102. The van der Waals surface area contributed by atoms with Gasteiger partial charge in [-0.25, -0.2) is 0 Å². The Bertz CT molecular complexity index is 546. The van der Waals surface area contributed by atoms with E-state index >= 15 is 0 Å². The predicted molar refractivity (Wildman–Crippen MR) is 98.8 cm³/mol. The average Bonchev–Trinajstić information content (AvgIpc) is 2.54. The molecule has 1 aromatic rings. The van der Waals surface area contributed by atoms with Crippen molar-refractivity contribution in [3.8, 4) is 0 Å². The van der Waals surface area contributed by atoms with E-state index in [9.17, 15) is 9.59 Å². The fourth-order valence-electron chi connectivity index (χ4n) is 2.51. The molecule has 0 aliphatic carbocycles. The zero-order chi connectivity index (χ0) is 18.1. The van der Waals surface area contributed by atoms with Crippen LogP contribution in [0.25, 0.3) is 0 Å². The van der Waals surface area contributed by atoms with Crippen LogP contribution in [0.5, 0.6) is 0 Å². The van der Waals surface area contributed by atoms with Crippen molar-refractivity contribution >= 4 is 23.4 Å². The molecule has 1 rings (SSSR count). The number of rotatable bonds is 9. The first-order valence-electron chi connectivity index (χ1n) is 8.71. The van der Waals surface area contributed by atoms with E-state index in [0.29, 0.717) is 36.9 Å². The van der Waals surface area contributed by atoms with Gasteiger partial charge in [-0.05, 0) is 30.4 Å². The van der Waals surface area contributed by atoms with Gasteiger partial charge in [-0.2, -0.15) is 0 Å². The molecule has 1 aromatic carbocycles. The third-order valence-corrected chi connectivity index (χ3v) is 4.20. The van der Waals surface area contributed by atoms with Gasteiger partial charge in [0.25, 0.3) is 0 Å². The largest absolute Gasteiger partial charge is 0.354 e. The highest BCUT2D eigenvalue weighted by Crippen LogP contribution is 2.20. The highest BCUT2D eigenvalue weighted by atomic mass is 35.5. The first kappa shape index (κ1) is 20.5. The Balaban J connectivity index is 2.99. The molecule has 24 heavy (non-hydrogen) atoms. The number of nitrogens with one attached hydrogen (secondary N) is 1. The average molecular weight is 353 g/mol. The Labute approximate surface area is 150 Å². The number of carbonyl (C=O) groups excluding carboxylic acids is 2. The second-order valence-corrected chi connectivity index (χ2v) is 6.83. The molecule has 5 heteroatoms. The smallest absolute Gasteiger partial charge is 0.242 e. The van der Waals surface area contributed by atoms with Crippen LogP contribution in [0.2, 0.25) is 5.02 Å². The molecule has 4 nitrogen and oxygen atoms in total. The lowest BCUT2D eigenvalue weighted by Gasteiger charge is -2.31. The predicted octanol–water partition coefficient (Wildman–Crippen LogP) is 4.02. The minimum Gasteiger partial charge on any atom is -0.354 e. The number of hydrogen-bond acceptors (Lipinski definition) is 2. The van der Waals surface area contributed by atoms with Crippen LogP contribution in [-0.2, 0) is 16.1 Å². The van der Waals surface area contributed by atoms with Gasteiger partial charge in [0.1, 0.15) is 6.04 Å². The van der Waals surface area contributed by atoms with Gasteiger partial charge < -0.3 is 10.2 Å². The van der Waals surface area contributed by atoms with Crippen LogP contribution in [0.4, 0.5) is 0 Å². The summed E-state index contributed by atoms with van der Waals surface area (Å²) in [6.07, 6.45) is 1.75. The maximum atomic E-state index is 12.6. The van der Waals surface area contributed by atoms with Gasteiger partial charge in [-0.3, -0.25) is 9.59 Å². The molecule has 1 N–H and O–H groups in total. The number of nitrogens with zero attached hydrogens (tertiary/aromatic N) is 1. The first-order chi connectivity index (χ1) is 11.4. The van der Waals surface area contributed by atoms with E-state index < -0.39 is 6.04 Å². The Morgan fingerprint density at radius 1 is 1.21 bits per heavy atom. The molecule has 0 saturated heterocycles. The summed E-state index contributed by atoms with van der Waals surface area (Å²) in [4.78, 5) is 26.8. The number of amides is 2. The molecule has 0 aromatic heterocycles. The van der Waals surface area contributed by atoms with Gasteiger partial charge in [-0.1, -0.05) is 57.5 Å². The molecule has 134 valence electrons. The molecular weight excluding hydrogens is 324 g/mol. The summed E-state index contributed by atoms with van der Waals surface area (Å²) in [6, 6.07) is 6.98. The van der Waals surface area contributed by atoms with E-state index in [1.807, 2.05) is 45.9 Å². The highest BCUT2D eigenvalue weighted by molar-refractivity contribution is 6.31. The Kier molecular flexibility index (Phi) is 8.83. The summed E-state index contributed by atoms with van der Waals surface area (Å²) in [7, 11) is 0. The van der Waals surface area contributed by atoms with Crippen molar-refractivity contribution < 1.29 is 9.59 Å². The monoisotopic (exact) mass is 352 g/mol. The van der Waals surface area contributed by atoms with Gasteiger partial charge in [0.15, 0.2) is 0 Å². The van der Waals surface area contributed by atoms with Crippen molar-refractivity contribution in [1.29, 1.82) is 0 Å². The number of halogens is 1. The summed E-state index contributed by atoms with van der Waals surface area (Å²) >= 11 is 6.24. The lowest BCUT2D eigenvalue weighted by molar-refractivity contribution is -0.141. The minimum atomic E-state index is -0.473. The number of hydrogen-bond donors (Lipinski definition) is 1. The van der Waals surface area contributed by atoms with Crippen LogP contribution in [0.1, 0.15) is 52.5 Å². The van der Waals surface area contributed by atoms with E-state index in [-0.39, 0.29) is 11.8 Å². The standard InChI is InChI=1S/C19H29ClN2O2/c1-5-9-18(23)22(13-15-10-7-8-11-16(15)20)17(6-2)19(24)21-12-14(3)4/h7-8,10-11,14,17H,5-6,9,12-13H2,1-4H3,(H,21,24). The molecule has 1 atom stereocenters. The highest BCUT2D eigenvalue weighted by Gasteiger charge is 2.28. The number of benzene rings is 1. The van der Waals surface area contributed by atoms with Crippen LogP contribution >= 0.6 is 11.6 Å². The fraction of sp³-hybridized carbons (Fsp3) is 0.579. The molecule has 0 spiro atoms. The molecule has 0 heterocycles. The lowest BCUT2D eigenvalue weighted by atomic mass is 10.1. The fourth-order valence-corrected chi connectivity index (χ4v) is 2.71. The summed E-state index contributed by atoms with van der Waals surface area (Å²) in [5, 5.41) is 3.56.